The normalized spacial score (nSPS) is 13.7. The molecule has 0 saturated carbocycles. The maximum absolute atomic E-state index is 13.6. The summed E-state index contributed by atoms with van der Waals surface area (Å²) in [6.07, 6.45) is -1.07. The Balaban J connectivity index is 0.00000312. The lowest BCUT2D eigenvalue weighted by Gasteiger charge is -2.17. The Morgan fingerprint density at radius 1 is 1.24 bits per heavy atom. The standard InChI is InChI=1S/C17H18Cl2FN3O.HI/c1-10(12-7-6-11(18)8-14(12)19)23-17(21)22-9-16(24)13-4-2-3-5-15(13)20;/h2-8,10,16,24H,9H2,1H3,(H3,21,22,23);1H. The van der Waals surface area contributed by atoms with E-state index in [0.717, 1.165) is 5.56 Å². The van der Waals surface area contributed by atoms with Crippen LogP contribution in [0.1, 0.15) is 30.2 Å². The van der Waals surface area contributed by atoms with Crippen molar-refractivity contribution in [2.24, 2.45) is 10.7 Å². The van der Waals surface area contributed by atoms with Crippen LogP contribution in [0, 0.1) is 5.82 Å². The Morgan fingerprint density at radius 3 is 2.56 bits per heavy atom. The van der Waals surface area contributed by atoms with E-state index in [1.165, 1.54) is 12.1 Å². The zero-order valence-electron chi connectivity index (χ0n) is 13.4. The average Bonchev–Trinajstić information content (AvgIpc) is 2.52. The van der Waals surface area contributed by atoms with E-state index in [0.29, 0.717) is 10.0 Å². The number of nitrogens with one attached hydrogen (secondary N) is 1. The van der Waals surface area contributed by atoms with E-state index in [4.69, 9.17) is 28.9 Å². The van der Waals surface area contributed by atoms with Crippen LogP contribution in [-0.4, -0.2) is 17.6 Å². The number of aliphatic hydroxyl groups is 1. The number of benzene rings is 2. The maximum atomic E-state index is 13.6. The van der Waals surface area contributed by atoms with Crippen molar-refractivity contribution < 1.29 is 9.50 Å². The minimum atomic E-state index is -1.07. The molecular weight excluding hydrogens is 479 g/mol. The first-order valence-corrected chi connectivity index (χ1v) is 8.08. The first kappa shape index (κ1) is 22.0. The summed E-state index contributed by atoms with van der Waals surface area (Å²) in [6.45, 7) is 1.81. The van der Waals surface area contributed by atoms with Crippen molar-refractivity contribution in [3.8, 4) is 0 Å². The Hall–Kier alpha value is -1.09. The number of guanidine groups is 1. The third-order valence-electron chi connectivity index (χ3n) is 3.49. The van der Waals surface area contributed by atoms with Gasteiger partial charge in [-0.25, -0.2) is 4.39 Å². The van der Waals surface area contributed by atoms with E-state index < -0.39 is 11.9 Å². The van der Waals surface area contributed by atoms with Crippen LogP contribution >= 0.6 is 47.2 Å². The van der Waals surface area contributed by atoms with Crippen LogP contribution < -0.4 is 11.1 Å². The molecule has 0 aromatic heterocycles. The van der Waals surface area contributed by atoms with Crippen LogP contribution in [0.25, 0.3) is 0 Å². The number of rotatable bonds is 5. The second-order valence-electron chi connectivity index (χ2n) is 5.30. The monoisotopic (exact) mass is 497 g/mol. The molecule has 25 heavy (non-hydrogen) atoms. The largest absolute Gasteiger partial charge is 0.386 e. The molecule has 2 aromatic carbocycles. The van der Waals surface area contributed by atoms with Gasteiger partial charge in [-0.2, -0.15) is 0 Å². The van der Waals surface area contributed by atoms with Crippen molar-refractivity contribution in [1.29, 1.82) is 0 Å². The number of aliphatic hydroxyl groups excluding tert-OH is 1. The summed E-state index contributed by atoms with van der Waals surface area (Å²) in [6, 6.07) is 11.0. The van der Waals surface area contributed by atoms with Gasteiger partial charge in [0.05, 0.1) is 12.6 Å². The van der Waals surface area contributed by atoms with Crippen LogP contribution in [-0.2, 0) is 0 Å². The molecule has 0 aliphatic rings. The van der Waals surface area contributed by atoms with Crippen molar-refractivity contribution in [2.45, 2.75) is 19.1 Å². The lowest BCUT2D eigenvalue weighted by Crippen LogP contribution is -2.34. The summed E-state index contributed by atoms with van der Waals surface area (Å²) < 4.78 is 13.6. The number of halogens is 4. The molecule has 0 aliphatic heterocycles. The van der Waals surface area contributed by atoms with Crippen molar-refractivity contribution in [3.63, 3.8) is 0 Å². The number of hydrogen-bond acceptors (Lipinski definition) is 2. The summed E-state index contributed by atoms with van der Waals surface area (Å²) in [4.78, 5) is 4.05. The molecule has 0 aliphatic carbocycles. The Labute approximate surface area is 173 Å². The van der Waals surface area contributed by atoms with E-state index >= 15 is 0 Å². The molecule has 0 fully saturated rings. The minimum absolute atomic E-state index is 0. The molecule has 0 radical (unpaired) electrons. The minimum Gasteiger partial charge on any atom is -0.386 e. The molecule has 0 amide bonds. The van der Waals surface area contributed by atoms with Gasteiger partial charge in [0.1, 0.15) is 11.9 Å². The van der Waals surface area contributed by atoms with Crippen LogP contribution in [0.3, 0.4) is 0 Å². The third-order valence-corrected chi connectivity index (χ3v) is 4.05. The fourth-order valence-electron chi connectivity index (χ4n) is 2.23. The Kier molecular flexibility index (Phi) is 8.92. The molecule has 4 N–H and O–H groups in total. The van der Waals surface area contributed by atoms with Gasteiger partial charge in [-0.05, 0) is 30.7 Å². The van der Waals surface area contributed by atoms with Gasteiger partial charge in [0.15, 0.2) is 5.96 Å². The fourth-order valence-corrected chi connectivity index (χ4v) is 2.80. The third kappa shape index (κ3) is 6.29. The summed E-state index contributed by atoms with van der Waals surface area (Å²) in [5, 5.41) is 14.0. The second kappa shape index (κ2) is 10.2. The van der Waals surface area contributed by atoms with Gasteiger partial charge in [0.25, 0.3) is 0 Å². The van der Waals surface area contributed by atoms with Crippen molar-refractivity contribution in [2.75, 3.05) is 6.54 Å². The predicted octanol–water partition coefficient (Wildman–Crippen LogP) is 4.45. The topological polar surface area (TPSA) is 70.6 Å². The van der Waals surface area contributed by atoms with Crippen LogP contribution in [0.4, 0.5) is 4.39 Å². The molecule has 0 heterocycles. The van der Waals surface area contributed by atoms with Gasteiger partial charge >= 0.3 is 0 Å². The zero-order valence-corrected chi connectivity index (χ0v) is 17.3. The van der Waals surface area contributed by atoms with Crippen LogP contribution in [0.15, 0.2) is 47.5 Å². The SMILES string of the molecule is CC(NC(N)=NCC(O)c1ccccc1F)c1ccc(Cl)cc1Cl.I. The van der Waals surface area contributed by atoms with E-state index in [2.05, 4.69) is 10.3 Å². The van der Waals surface area contributed by atoms with Gasteiger partial charge in [-0.1, -0.05) is 47.5 Å². The predicted molar refractivity (Wildman–Crippen MR) is 111 cm³/mol. The van der Waals surface area contributed by atoms with Crippen molar-refractivity contribution in [1.82, 2.24) is 5.32 Å². The van der Waals surface area contributed by atoms with E-state index in [1.807, 2.05) is 6.92 Å². The number of nitrogens with zero attached hydrogens (tertiary/aromatic N) is 1. The Morgan fingerprint density at radius 2 is 1.92 bits per heavy atom. The van der Waals surface area contributed by atoms with Crippen molar-refractivity contribution in [3.05, 3.63) is 69.5 Å². The molecule has 0 spiro atoms. The smallest absolute Gasteiger partial charge is 0.189 e. The lowest BCUT2D eigenvalue weighted by atomic mass is 10.1. The van der Waals surface area contributed by atoms with Crippen LogP contribution in [0.2, 0.25) is 10.0 Å². The number of nitrogens with two attached hydrogens (primary N) is 1. The molecule has 8 heteroatoms. The summed E-state index contributed by atoms with van der Waals surface area (Å²) in [7, 11) is 0. The van der Waals surface area contributed by atoms with Gasteiger partial charge in [-0.15, -0.1) is 24.0 Å². The molecule has 2 rings (SSSR count). The van der Waals surface area contributed by atoms with Gasteiger partial charge in [0.2, 0.25) is 0 Å². The fraction of sp³-hybridized carbons (Fsp3) is 0.235. The number of hydrogen-bond donors (Lipinski definition) is 3. The molecule has 136 valence electrons. The summed E-state index contributed by atoms with van der Waals surface area (Å²) in [5.74, 6) is -0.350. The number of aliphatic imine (C=N–C) groups is 1. The average molecular weight is 498 g/mol. The quantitative estimate of drug-likeness (QED) is 0.324. The molecular formula is C17H19Cl2FIN3O. The molecule has 2 unspecified atom stereocenters. The lowest BCUT2D eigenvalue weighted by molar-refractivity contribution is 0.182. The van der Waals surface area contributed by atoms with Crippen LogP contribution in [0.5, 0.6) is 0 Å². The van der Waals surface area contributed by atoms with E-state index in [-0.39, 0.29) is 48.1 Å². The van der Waals surface area contributed by atoms with E-state index in [9.17, 15) is 9.50 Å². The molecule has 0 saturated heterocycles. The first-order chi connectivity index (χ1) is 11.4. The highest BCUT2D eigenvalue weighted by Gasteiger charge is 2.13. The highest BCUT2D eigenvalue weighted by molar-refractivity contribution is 14.0. The Bertz CT molecular complexity index is 746. The highest BCUT2D eigenvalue weighted by Crippen LogP contribution is 2.26. The zero-order chi connectivity index (χ0) is 17.7. The van der Waals surface area contributed by atoms with Gasteiger partial charge in [-0.3, -0.25) is 4.99 Å². The second-order valence-corrected chi connectivity index (χ2v) is 6.14. The molecule has 2 atom stereocenters. The molecule has 0 bridgehead atoms. The van der Waals surface area contributed by atoms with Gasteiger partial charge in [0, 0.05) is 15.6 Å². The van der Waals surface area contributed by atoms with E-state index in [1.54, 1.807) is 30.3 Å². The maximum Gasteiger partial charge on any atom is 0.189 e. The molecule has 4 nitrogen and oxygen atoms in total. The summed E-state index contributed by atoms with van der Waals surface area (Å²) >= 11 is 12.0. The first-order valence-electron chi connectivity index (χ1n) is 7.32. The van der Waals surface area contributed by atoms with Gasteiger partial charge < -0.3 is 16.2 Å². The summed E-state index contributed by atoms with van der Waals surface area (Å²) in [5.41, 5.74) is 6.82. The van der Waals surface area contributed by atoms with Crippen molar-refractivity contribution >= 4 is 53.1 Å². The molecule has 2 aromatic rings. The highest BCUT2D eigenvalue weighted by atomic mass is 127.